The molecule has 0 aromatic heterocycles. The van der Waals surface area contributed by atoms with E-state index in [0.717, 1.165) is 0 Å². The van der Waals surface area contributed by atoms with Crippen LogP contribution in [0.1, 0.15) is 31.2 Å². The molecule has 0 saturated heterocycles. The highest BCUT2D eigenvalue weighted by molar-refractivity contribution is 9.10. The number of rotatable bonds is 5. The Hall–Kier alpha value is -1.43. The van der Waals surface area contributed by atoms with Crippen molar-refractivity contribution in [1.82, 2.24) is 0 Å². The van der Waals surface area contributed by atoms with Crippen molar-refractivity contribution in [3.05, 3.63) is 38.3 Å². The van der Waals surface area contributed by atoms with Crippen LogP contribution < -0.4 is 0 Å². The first kappa shape index (κ1) is 13.6. The summed E-state index contributed by atoms with van der Waals surface area (Å²) >= 11 is 3.14. The zero-order valence-corrected chi connectivity index (χ0v) is 10.8. The fourth-order valence-corrected chi connectivity index (χ4v) is 2.02. The molecule has 0 saturated carbocycles. The molecule has 6 heteroatoms. The number of nitro benzene ring substituents is 1. The summed E-state index contributed by atoms with van der Waals surface area (Å²) in [6.07, 6.45) is 1.04. The zero-order valence-electron chi connectivity index (χ0n) is 9.22. The number of nitrogens with zero attached hydrogens (tertiary/aromatic N) is 1. The fraction of sp³-hybridized carbons (Fsp3) is 0.364. The molecule has 1 aromatic carbocycles. The summed E-state index contributed by atoms with van der Waals surface area (Å²) in [5.41, 5.74) is 0.104. The third kappa shape index (κ3) is 3.26. The number of aliphatic carboxylic acids is 1. The standard InChI is InChI=1S/C11H12BrNO4/c1-2-3-9(11(14)15)8-5-4-7(12)6-10(8)13(16)17/h4-6,9H,2-3H2,1H3,(H,14,15). The molecule has 0 bridgehead atoms. The van der Waals surface area contributed by atoms with Crippen molar-refractivity contribution in [2.75, 3.05) is 0 Å². The third-order valence-electron chi connectivity index (χ3n) is 2.44. The van der Waals surface area contributed by atoms with Gasteiger partial charge in [0.2, 0.25) is 0 Å². The normalized spacial score (nSPS) is 12.1. The van der Waals surface area contributed by atoms with Crippen LogP contribution in [0.3, 0.4) is 0 Å². The van der Waals surface area contributed by atoms with Gasteiger partial charge in [0.05, 0.1) is 10.8 Å². The Balaban J connectivity index is 3.27. The Morgan fingerprint density at radius 1 is 1.59 bits per heavy atom. The van der Waals surface area contributed by atoms with E-state index in [9.17, 15) is 14.9 Å². The van der Waals surface area contributed by atoms with Crippen molar-refractivity contribution in [3.63, 3.8) is 0 Å². The number of nitro groups is 1. The van der Waals surface area contributed by atoms with Crippen LogP contribution in [0.15, 0.2) is 22.7 Å². The lowest BCUT2D eigenvalue weighted by Crippen LogP contribution is -2.13. The lowest BCUT2D eigenvalue weighted by molar-refractivity contribution is -0.385. The van der Waals surface area contributed by atoms with Gasteiger partial charge in [0, 0.05) is 16.1 Å². The Bertz CT molecular complexity index is 447. The zero-order chi connectivity index (χ0) is 13.0. The highest BCUT2D eigenvalue weighted by Gasteiger charge is 2.27. The summed E-state index contributed by atoms with van der Waals surface area (Å²) in [6.45, 7) is 1.85. The molecule has 5 nitrogen and oxygen atoms in total. The number of carboxylic acid groups (broad SMARTS) is 1. The average Bonchev–Trinajstić information content (AvgIpc) is 2.26. The highest BCUT2D eigenvalue weighted by Crippen LogP contribution is 2.32. The molecule has 1 aromatic rings. The number of carbonyl (C=O) groups is 1. The largest absolute Gasteiger partial charge is 0.481 e. The van der Waals surface area contributed by atoms with Gasteiger partial charge in [-0.1, -0.05) is 35.3 Å². The van der Waals surface area contributed by atoms with Crippen LogP contribution in [0.25, 0.3) is 0 Å². The second kappa shape index (κ2) is 5.77. The smallest absolute Gasteiger partial charge is 0.311 e. The van der Waals surface area contributed by atoms with Crippen molar-refractivity contribution in [3.8, 4) is 0 Å². The van der Waals surface area contributed by atoms with Gasteiger partial charge in [-0.05, 0) is 12.5 Å². The van der Waals surface area contributed by atoms with E-state index in [-0.39, 0.29) is 11.3 Å². The number of halogens is 1. The van der Waals surface area contributed by atoms with E-state index in [1.165, 1.54) is 12.1 Å². The molecule has 1 N–H and O–H groups in total. The van der Waals surface area contributed by atoms with Crippen molar-refractivity contribution in [2.24, 2.45) is 0 Å². The monoisotopic (exact) mass is 301 g/mol. The quantitative estimate of drug-likeness (QED) is 0.668. The molecule has 17 heavy (non-hydrogen) atoms. The van der Waals surface area contributed by atoms with Gasteiger partial charge in [0.1, 0.15) is 0 Å². The molecular weight excluding hydrogens is 290 g/mol. The van der Waals surface area contributed by atoms with Crippen molar-refractivity contribution in [2.45, 2.75) is 25.7 Å². The number of hydrogen-bond donors (Lipinski definition) is 1. The summed E-state index contributed by atoms with van der Waals surface area (Å²) < 4.78 is 0.564. The maximum Gasteiger partial charge on any atom is 0.311 e. The lowest BCUT2D eigenvalue weighted by atomic mass is 9.93. The van der Waals surface area contributed by atoms with Crippen LogP contribution in [-0.2, 0) is 4.79 Å². The maximum atomic E-state index is 11.1. The first-order valence-electron chi connectivity index (χ1n) is 5.14. The van der Waals surface area contributed by atoms with Gasteiger partial charge in [-0.2, -0.15) is 0 Å². The van der Waals surface area contributed by atoms with E-state index >= 15 is 0 Å². The Kier molecular flexibility index (Phi) is 4.62. The van der Waals surface area contributed by atoms with E-state index in [1.54, 1.807) is 6.07 Å². The van der Waals surface area contributed by atoms with Crippen molar-refractivity contribution < 1.29 is 14.8 Å². The number of benzene rings is 1. The molecule has 92 valence electrons. The minimum atomic E-state index is -1.03. The Labute approximate surface area is 107 Å². The Morgan fingerprint density at radius 2 is 2.24 bits per heavy atom. The van der Waals surface area contributed by atoms with Crippen LogP contribution in [0, 0.1) is 10.1 Å². The van der Waals surface area contributed by atoms with Gasteiger partial charge in [-0.25, -0.2) is 0 Å². The molecule has 0 aliphatic carbocycles. The third-order valence-corrected chi connectivity index (χ3v) is 2.93. The molecule has 0 fully saturated rings. The molecule has 0 radical (unpaired) electrons. The van der Waals surface area contributed by atoms with E-state index in [2.05, 4.69) is 15.9 Å². The predicted molar refractivity (Wildman–Crippen MR) is 66.1 cm³/mol. The fourth-order valence-electron chi connectivity index (χ4n) is 1.67. The summed E-state index contributed by atoms with van der Waals surface area (Å²) in [6, 6.07) is 4.45. The number of hydrogen-bond acceptors (Lipinski definition) is 3. The molecule has 1 unspecified atom stereocenters. The molecule has 0 aliphatic heterocycles. The van der Waals surface area contributed by atoms with E-state index in [4.69, 9.17) is 5.11 Å². The van der Waals surface area contributed by atoms with Gasteiger partial charge in [-0.3, -0.25) is 14.9 Å². The number of carboxylic acids is 1. The lowest BCUT2D eigenvalue weighted by Gasteiger charge is -2.11. The molecule has 1 atom stereocenters. The topological polar surface area (TPSA) is 80.4 Å². The second-order valence-corrected chi connectivity index (χ2v) is 4.56. The summed E-state index contributed by atoms with van der Waals surface area (Å²) in [7, 11) is 0. The van der Waals surface area contributed by atoms with Crippen molar-refractivity contribution in [1.29, 1.82) is 0 Å². The highest BCUT2D eigenvalue weighted by atomic mass is 79.9. The second-order valence-electron chi connectivity index (χ2n) is 3.64. The first-order chi connectivity index (χ1) is 7.97. The predicted octanol–water partition coefficient (Wildman–Crippen LogP) is 3.33. The van der Waals surface area contributed by atoms with Gasteiger partial charge in [0.15, 0.2) is 0 Å². The summed E-state index contributed by atoms with van der Waals surface area (Å²) in [5.74, 6) is -1.86. The van der Waals surface area contributed by atoms with E-state index in [1.807, 2.05) is 6.92 Å². The van der Waals surface area contributed by atoms with Gasteiger partial charge in [0.25, 0.3) is 5.69 Å². The molecule has 0 aliphatic rings. The maximum absolute atomic E-state index is 11.1. The van der Waals surface area contributed by atoms with Crippen LogP contribution in [0.5, 0.6) is 0 Å². The molecule has 0 amide bonds. The van der Waals surface area contributed by atoms with Gasteiger partial charge >= 0.3 is 5.97 Å². The molecule has 1 rings (SSSR count). The van der Waals surface area contributed by atoms with Crippen LogP contribution in [0.4, 0.5) is 5.69 Å². The minimum Gasteiger partial charge on any atom is -0.481 e. The minimum absolute atomic E-state index is 0.153. The SMILES string of the molecule is CCCC(C(=O)O)c1ccc(Br)cc1[N+](=O)[O-]. The molecule has 0 heterocycles. The first-order valence-corrected chi connectivity index (χ1v) is 5.93. The van der Waals surface area contributed by atoms with Crippen molar-refractivity contribution >= 4 is 27.6 Å². The average molecular weight is 302 g/mol. The summed E-state index contributed by atoms with van der Waals surface area (Å²) in [4.78, 5) is 21.5. The van der Waals surface area contributed by atoms with E-state index in [0.29, 0.717) is 17.3 Å². The van der Waals surface area contributed by atoms with Gasteiger partial charge < -0.3 is 5.11 Å². The molecular formula is C11H12BrNO4. The van der Waals surface area contributed by atoms with Gasteiger partial charge in [-0.15, -0.1) is 0 Å². The summed E-state index contributed by atoms with van der Waals surface area (Å²) in [5, 5.41) is 20.0. The van der Waals surface area contributed by atoms with Crippen LogP contribution >= 0.6 is 15.9 Å². The Morgan fingerprint density at radius 3 is 2.71 bits per heavy atom. The van der Waals surface area contributed by atoms with E-state index < -0.39 is 16.8 Å². The molecule has 0 spiro atoms. The van der Waals surface area contributed by atoms with Crippen LogP contribution in [0.2, 0.25) is 0 Å². The van der Waals surface area contributed by atoms with Crippen LogP contribution in [-0.4, -0.2) is 16.0 Å².